The number of likely N-dealkylation sites (N-methyl/N-ethyl adjacent to an activating group) is 1. The quantitative estimate of drug-likeness (QED) is 0.207. The molecule has 0 aliphatic carbocycles. The van der Waals surface area contributed by atoms with Crippen molar-refractivity contribution in [2.24, 2.45) is 0 Å². The number of hydrogen-bond donors (Lipinski definition) is 4. The Morgan fingerprint density at radius 2 is 1.54 bits per heavy atom. The van der Waals surface area contributed by atoms with Crippen LogP contribution in [0.4, 0.5) is 5.69 Å². The molecule has 18 nitrogen and oxygen atoms in total. The normalized spacial score (nSPS) is 24.7. The molecule has 0 unspecified atom stereocenters. The molecule has 65 heavy (non-hydrogen) atoms. The minimum atomic E-state index is -1.68. The summed E-state index contributed by atoms with van der Waals surface area (Å²) in [6.45, 7) is 2.75. The fraction of sp³-hybridized carbons (Fsp3) is 0.432. The molecule has 6 amide bonds. The Labute approximate surface area is 406 Å². The number of fused-ring (bicyclic) bond motifs is 2. The van der Waals surface area contributed by atoms with Crippen LogP contribution in [0.3, 0.4) is 0 Å². The van der Waals surface area contributed by atoms with E-state index in [1.807, 2.05) is 43.3 Å². The second kappa shape index (κ2) is 23.6. The van der Waals surface area contributed by atoms with Gasteiger partial charge >= 0.3 is 55.4 Å². The van der Waals surface area contributed by atoms with Gasteiger partial charge in [-0.1, -0.05) is 42.5 Å². The Bertz CT molecular complexity index is 2240. The third-order valence-corrected chi connectivity index (χ3v) is 11.5. The van der Waals surface area contributed by atoms with E-state index in [0.29, 0.717) is 21.4 Å². The second-order valence-electron chi connectivity index (χ2n) is 16.1. The fourth-order valence-electron chi connectivity index (χ4n) is 8.01. The first-order valence-electron chi connectivity index (χ1n) is 20.9. The van der Waals surface area contributed by atoms with Crippen LogP contribution in [0.25, 0.3) is 0 Å². The van der Waals surface area contributed by atoms with Crippen LogP contribution < -0.4 is 20.9 Å². The van der Waals surface area contributed by atoms with Gasteiger partial charge in [-0.2, -0.15) is 0 Å². The number of rotatable bonds is 6. The molecule has 3 aromatic rings. The predicted molar refractivity (Wildman–Crippen MR) is 251 cm³/mol. The van der Waals surface area contributed by atoms with E-state index in [1.54, 1.807) is 30.3 Å². The number of pyridine rings is 1. The molecule has 0 radical (unpaired) electrons. The number of carbonyl (C=O) groups excluding carboxylic acids is 8. The van der Waals surface area contributed by atoms with Crippen LogP contribution >= 0.6 is 40.0 Å². The molecule has 3 fully saturated rings. The number of halogens is 2. The molecule has 6 rings (SSSR count). The number of esters is 1. The first-order valence-corrected chi connectivity index (χ1v) is 29.9. The van der Waals surface area contributed by atoms with E-state index in [1.165, 1.54) is 53.9 Å². The summed E-state index contributed by atoms with van der Waals surface area (Å²) in [5.41, 5.74) is 1.44. The molecule has 0 saturated carbocycles. The first kappa shape index (κ1) is 51.2. The van der Waals surface area contributed by atoms with Crippen LogP contribution in [0.2, 0.25) is 0 Å². The number of anilines is 1. The SMILES string of the molecule is C[C@H]1NC(=O)[C@@H](NC(=O)c2ncccc2O)[C@@H](C)OC(=O)[C@H](c2ccccc2)NC(=O)[C@@H]2CC(=O)CCN2C(=O)[C@H](Cc2ccc(N(C)C)cc2)N(C)C(=O)[C@@H]2CCCN2C1=O.[I][V][I]. The molecule has 3 saturated heterocycles. The van der Waals surface area contributed by atoms with Gasteiger partial charge in [0.2, 0.25) is 29.5 Å². The Morgan fingerprint density at radius 3 is 2.18 bits per heavy atom. The zero-order chi connectivity index (χ0) is 47.5. The maximum atomic E-state index is 14.9. The van der Waals surface area contributed by atoms with Crippen LogP contribution in [-0.4, -0.2) is 143 Å². The summed E-state index contributed by atoms with van der Waals surface area (Å²) in [5, 5.41) is 18.1. The Hall–Kier alpha value is -4.81. The van der Waals surface area contributed by atoms with Gasteiger partial charge in [0.1, 0.15) is 47.8 Å². The number of piperidine rings is 1. The monoisotopic (exact) mass is 1160 g/mol. The van der Waals surface area contributed by atoms with Crippen molar-refractivity contribution in [3.63, 3.8) is 0 Å². The van der Waals surface area contributed by atoms with Gasteiger partial charge in [0.25, 0.3) is 5.91 Å². The first-order chi connectivity index (χ1) is 31.0. The Morgan fingerprint density at radius 1 is 0.877 bits per heavy atom. The molecule has 4 heterocycles. The molecular weight excluding hydrogens is 1110 g/mol. The number of Topliss-reactive ketones (excluding diaryl/α,β-unsaturated/α-hetero) is 1. The molecule has 2 aromatic carbocycles. The van der Waals surface area contributed by atoms with Crippen molar-refractivity contribution in [3.8, 4) is 5.75 Å². The predicted octanol–water partition coefficient (Wildman–Crippen LogP) is 2.65. The van der Waals surface area contributed by atoms with Gasteiger partial charge in [-0.05, 0) is 62.1 Å². The average molecular weight is 1160 g/mol. The van der Waals surface area contributed by atoms with Gasteiger partial charge in [-0.3, -0.25) is 33.6 Å². The summed E-state index contributed by atoms with van der Waals surface area (Å²) >= 11 is 4.74. The fourth-order valence-corrected chi connectivity index (χ4v) is 8.01. The number of amides is 6. The van der Waals surface area contributed by atoms with Gasteiger partial charge in [-0.25, -0.2) is 9.78 Å². The van der Waals surface area contributed by atoms with Crippen molar-refractivity contribution in [2.75, 3.05) is 39.1 Å². The Balaban J connectivity index is 0.00000257. The molecule has 21 heteroatoms. The number of aromatic hydroxyl groups is 1. The zero-order valence-corrected chi connectivity index (χ0v) is 42.2. The molecule has 0 bridgehead atoms. The van der Waals surface area contributed by atoms with Crippen LogP contribution in [0.15, 0.2) is 72.9 Å². The van der Waals surface area contributed by atoms with Crippen molar-refractivity contribution in [1.82, 2.24) is 35.6 Å². The molecule has 347 valence electrons. The number of carbonyl (C=O) groups is 8. The summed E-state index contributed by atoms with van der Waals surface area (Å²) in [5.74, 6) is -6.40. The van der Waals surface area contributed by atoms with Crippen LogP contribution in [0.1, 0.15) is 67.2 Å². The number of cyclic esters (lactones) is 1. The molecule has 4 N–H and O–H groups in total. The summed E-state index contributed by atoms with van der Waals surface area (Å²) in [4.78, 5) is 123. The van der Waals surface area contributed by atoms with E-state index in [9.17, 15) is 43.5 Å². The van der Waals surface area contributed by atoms with E-state index in [-0.39, 0.29) is 50.1 Å². The molecule has 3 aliphatic rings. The zero-order valence-electron chi connectivity index (χ0n) is 36.5. The van der Waals surface area contributed by atoms with Crippen molar-refractivity contribution in [3.05, 3.63) is 89.7 Å². The third kappa shape index (κ3) is 12.8. The number of ketones is 1. The maximum absolute atomic E-state index is 14.9. The van der Waals surface area contributed by atoms with Crippen LogP contribution in [-0.2, 0) is 54.2 Å². The van der Waals surface area contributed by atoms with Gasteiger partial charge in [0.05, 0.1) is 0 Å². The molecular formula is C44H52I2N8O10V. The molecule has 7 atom stereocenters. The number of benzene rings is 2. The summed E-state index contributed by atoms with van der Waals surface area (Å²) in [6.07, 6.45) is 0.0953. The molecule has 1 aromatic heterocycles. The van der Waals surface area contributed by atoms with E-state index in [0.717, 1.165) is 5.69 Å². The van der Waals surface area contributed by atoms with Crippen molar-refractivity contribution >= 4 is 92.8 Å². The number of aromatic nitrogens is 1. The van der Waals surface area contributed by atoms with Gasteiger partial charge in [-0.15, -0.1) is 0 Å². The van der Waals surface area contributed by atoms with E-state index in [2.05, 4.69) is 60.9 Å². The van der Waals surface area contributed by atoms with Gasteiger partial charge in [0.15, 0.2) is 11.7 Å². The Kier molecular flexibility index (Phi) is 18.6. The van der Waals surface area contributed by atoms with Crippen LogP contribution in [0, 0.1) is 0 Å². The molecule has 0 spiro atoms. The second-order valence-corrected chi connectivity index (χ2v) is 27.9. The third-order valence-electron chi connectivity index (χ3n) is 11.5. The minimum absolute atomic E-state index is 0.0287. The summed E-state index contributed by atoms with van der Waals surface area (Å²) < 4.78 is 5.82. The van der Waals surface area contributed by atoms with Crippen molar-refractivity contribution < 1.29 is 57.7 Å². The van der Waals surface area contributed by atoms with Crippen molar-refractivity contribution in [1.29, 1.82) is 0 Å². The standard InChI is InChI=1S/C44H52N8O10.2HI.V/c1-25-41(58)51-21-10-13-31(51)42(59)50(5)33(23-27-15-17-29(18-16-27)49(3)4)43(60)52-22-19-30(53)24-32(52)38(55)48-36(28-11-7-6-8-12-28)44(61)62-26(2)35(39(56)46-25)47-40(57)37-34(54)14-9-20-45-37;;;/h6-9,11-12,14-18,20,25-26,31-33,35-36,54H,10,13,19,21-24H2,1-5H3,(H,46,56)(H,47,57)(H,48,55);2*1H;/q;;;+2/p-2/t25-,26-,31+,32+,33+,35+,36+;;;/m1.../s1. The average Bonchev–Trinajstić information content (AvgIpc) is 3.78. The number of nitrogens with zero attached hydrogens (tertiary/aromatic N) is 5. The molecule has 3 aliphatic heterocycles. The van der Waals surface area contributed by atoms with Gasteiger partial charge < -0.3 is 45.4 Å². The number of nitrogens with one attached hydrogen (secondary N) is 3. The van der Waals surface area contributed by atoms with E-state index < -0.39 is 95.2 Å². The van der Waals surface area contributed by atoms with E-state index >= 15 is 0 Å². The topological polar surface area (TPSA) is 228 Å². The van der Waals surface area contributed by atoms with Crippen molar-refractivity contribution in [2.45, 2.75) is 88.3 Å². The number of hydrogen-bond acceptors (Lipinski definition) is 12. The van der Waals surface area contributed by atoms with Crippen LogP contribution in [0.5, 0.6) is 5.75 Å². The summed E-state index contributed by atoms with van der Waals surface area (Å²) in [7, 11) is 5.87. The van der Waals surface area contributed by atoms with Gasteiger partial charge in [0, 0.05) is 65.4 Å². The summed E-state index contributed by atoms with van der Waals surface area (Å²) in [6, 6.07) is 9.97. The van der Waals surface area contributed by atoms with E-state index in [4.69, 9.17) is 4.74 Å². The number of ether oxygens (including phenoxy) is 1.